The van der Waals surface area contributed by atoms with Crippen LogP contribution in [0.15, 0.2) is 23.1 Å². The first-order chi connectivity index (χ1) is 12.1. The standard InChI is InChI=1S/C18H23F2NO4S/c1-5-25-18(23)13-10-21(11-24-6-7-26(2,3)4)16-9-15(20)14(19)8-12(16)17(13)22/h8-10H,5-7,11H2,1-4H3. The zero-order valence-corrected chi connectivity index (χ0v) is 16.1. The highest BCUT2D eigenvalue weighted by atomic mass is 32.3. The Kier molecular flexibility index (Phi) is 6.41. The number of halogens is 2. The zero-order valence-electron chi connectivity index (χ0n) is 15.3. The van der Waals surface area contributed by atoms with Crippen LogP contribution in [-0.4, -0.2) is 48.3 Å². The number of aromatic nitrogens is 1. The Bertz CT molecular complexity index is 874. The fraction of sp³-hybridized carbons (Fsp3) is 0.444. The molecule has 26 heavy (non-hydrogen) atoms. The molecule has 8 heteroatoms. The summed E-state index contributed by atoms with van der Waals surface area (Å²) in [5.41, 5.74) is -0.784. The maximum Gasteiger partial charge on any atom is 0.343 e. The molecule has 1 heterocycles. The van der Waals surface area contributed by atoms with E-state index in [1.165, 1.54) is 10.8 Å². The molecule has 0 saturated heterocycles. The first-order valence-electron chi connectivity index (χ1n) is 8.07. The van der Waals surface area contributed by atoms with E-state index >= 15 is 0 Å². The Balaban J connectivity index is 2.45. The number of hydrogen-bond donors (Lipinski definition) is 0. The zero-order chi connectivity index (χ0) is 19.5. The van der Waals surface area contributed by atoms with Crippen molar-refractivity contribution in [3.63, 3.8) is 0 Å². The number of fused-ring (bicyclic) bond motifs is 1. The van der Waals surface area contributed by atoms with E-state index in [1.807, 2.05) is 0 Å². The van der Waals surface area contributed by atoms with E-state index in [2.05, 4.69) is 18.8 Å². The summed E-state index contributed by atoms with van der Waals surface area (Å²) in [6.07, 6.45) is 7.73. The van der Waals surface area contributed by atoms with Crippen LogP contribution in [0, 0.1) is 11.6 Å². The number of benzene rings is 1. The first-order valence-corrected chi connectivity index (χ1v) is 11.1. The maximum absolute atomic E-state index is 13.7. The Morgan fingerprint density at radius 2 is 1.85 bits per heavy atom. The lowest BCUT2D eigenvalue weighted by Gasteiger charge is -2.24. The number of hydrogen-bond acceptors (Lipinski definition) is 4. The van der Waals surface area contributed by atoms with Gasteiger partial charge in [-0.1, -0.05) is 0 Å². The van der Waals surface area contributed by atoms with Crippen molar-refractivity contribution in [1.82, 2.24) is 4.57 Å². The van der Waals surface area contributed by atoms with Gasteiger partial charge in [0.15, 0.2) is 11.6 Å². The first kappa shape index (κ1) is 20.4. The highest BCUT2D eigenvalue weighted by Gasteiger charge is 2.18. The molecule has 0 aliphatic heterocycles. The molecule has 144 valence electrons. The van der Waals surface area contributed by atoms with Gasteiger partial charge in [-0.2, -0.15) is 0 Å². The van der Waals surface area contributed by atoms with Crippen LogP contribution in [0.1, 0.15) is 17.3 Å². The lowest BCUT2D eigenvalue weighted by Crippen LogP contribution is -2.22. The van der Waals surface area contributed by atoms with Gasteiger partial charge in [0, 0.05) is 23.4 Å². The summed E-state index contributed by atoms with van der Waals surface area (Å²) in [6.45, 7) is 2.19. The summed E-state index contributed by atoms with van der Waals surface area (Å²) < 4.78 is 39.2. The van der Waals surface area contributed by atoms with E-state index in [-0.39, 0.29) is 29.8 Å². The molecule has 0 N–H and O–H groups in total. The van der Waals surface area contributed by atoms with Crippen molar-refractivity contribution in [3.05, 3.63) is 45.8 Å². The SMILES string of the molecule is CCOC(=O)c1cn(COCCS(C)(C)C)c2cc(F)c(F)cc2c1=O. The molecule has 5 nitrogen and oxygen atoms in total. The van der Waals surface area contributed by atoms with E-state index < -0.39 is 33.1 Å². The van der Waals surface area contributed by atoms with Gasteiger partial charge < -0.3 is 14.0 Å². The van der Waals surface area contributed by atoms with Crippen LogP contribution in [-0.2, 0) is 16.2 Å². The predicted octanol–water partition coefficient (Wildman–Crippen LogP) is 3.12. The summed E-state index contributed by atoms with van der Waals surface area (Å²) >= 11 is 0. The number of carbonyl (C=O) groups excluding carboxylic acids is 1. The topological polar surface area (TPSA) is 57.5 Å². The molecule has 0 amide bonds. The van der Waals surface area contributed by atoms with E-state index in [0.29, 0.717) is 6.61 Å². The molecule has 0 atom stereocenters. The normalized spacial score (nSPS) is 12.4. The molecule has 2 aromatic rings. The summed E-state index contributed by atoms with van der Waals surface area (Å²) in [5.74, 6) is -2.16. The van der Waals surface area contributed by atoms with Crippen LogP contribution in [0.5, 0.6) is 0 Å². The van der Waals surface area contributed by atoms with Gasteiger partial charge in [0.2, 0.25) is 5.43 Å². The van der Waals surface area contributed by atoms with Gasteiger partial charge in [-0.25, -0.2) is 23.6 Å². The molecular formula is C18H23F2NO4S. The number of rotatable bonds is 7. The fourth-order valence-electron chi connectivity index (χ4n) is 2.32. The molecular weight excluding hydrogens is 364 g/mol. The Morgan fingerprint density at radius 3 is 2.46 bits per heavy atom. The molecule has 0 unspecified atom stereocenters. The van der Waals surface area contributed by atoms with Crippen molar-refractivity contribution in [2.45, 2.75) is 13.7 Å². The average molecular weight is 387 g/mol. The Hall–Kier alpha value is -1.93. The summed E-state index contributed by atoms with van der Waals surface area (Å²) in [4.78, 5) is 24.5. The van der Waals surface area contributed by atoms with Crippen LogP contribution in [0.2, 0.25) is 0 Å². The average Bonchev–Trinajstić information content (AvgIpc) is 2.54. The van der Waals surface area contributed by atoms with E-state index in [9.17, 15) is 18.4 Å². The van der Waals surface area contributed by atoms with Gasteiger partial charge in [-0.3, -0.25) is 4.79 Å². The van der Waals surface area contributed by atoms with E-state index in [0.717, 1.165) is 17.9 Å². The van der Waals surface area contributed by atoms with Crippen molar-refractivity contribution in [2.24, 2.45) is 0 Å². The van der Waals surface area contributed by atoms with Crippen LogP contribution in [0.25, 0.3) is 10.9 Å². The fourth-order valence-corrected chi connectivity index (χ4v) is 2.94. The Morgan fingerprint density at radius 1 is 1.19 bits per heavy atom. The van der Waals surface area contributed by atoms with Crippen molar-refractivity contribution < 1.29 is 23.0 Å². The molecule has 2 rings (SSSR count). The smallest absolute Gasteiger partial charge is 0.343 e. The van der Waals surface area contributed by atoms with Crippen LogP contribution in [0.4, 0.5) is 8.78 Å². The second-order valence-electron chi connectivity index (χ2n) is 6.68. The summed E-state index contributed by atoms with van der Waals surface area (Å²) in [5, 5.41) is -0.0977. The molecule has 0 aliphatic carbocycles. The second kappa shape index (κ2) is 8.18. The number of esters is 1. The highest BCUT2D eigenvalue weighted by molar-refractivity contribution is 8.32. The number of ether oxygens (including phenoxy) is 2. The van der Waals surface area contributed by atoms with Crippen LogP contribution < -0.4 is 5.43 Å². The maximum atomic E-state index is 13.7. The third-order valence-corrected chi connectivity index (χ3v) is 5.08. The van der Waals surface area contributed by atoms with Gasteiger partial charge in [0.25, 0.3) is 0 Å². The molecule has 1 aromatic heterocycles. The molecule has 1 aromatic carbocycles. The monoisotopic (exact) mass is 387 g/mol. The molecule has 0 aliphatic rings. The Labute approximate surface area is 152 Å². The number of pyridine rings is 1. The molecule has 0 fully saturated rings. The van der Waals surface area contributed by atoms with Crippen LogP contribution >= 0.6 is 10.0 Å². The summed E-state index contributed by atoms with van der Waals surface area (Å²) in [6, 6.07) is 1.73. The summed E-state index contributed by atoms with van der Waals surface area (Å²) in [7, 11) is -0.737. The minimum Gasteiger partial charge on any atom is -0.462 e. The van der Waals surface area contributed by atoms with Gasteiger partial charge in [-0.15, -0.1) is 0 Å². The van der Waals surface area contributed by atoms with E-state index in [1.54, 1.807) is 6.92 Å². The molecule has 0 saturated carbocycles. The van der Waals surface area contributed by atoms with Crippen LogP contribution in [0.3, 0.4) is 0 Å². The van der Waals surface area contributed by atoms with Crippen molar-refractivity contribution in [3.8, 4) is 0 Å². The minimum atomic E-state index is -1.15. The van der Waals surface area contributed by atoms with Crippen molar-refractivity contribution in [2.75, 3.05) is 37.7 Å². The quantitative estimate of drug-likeness (QED) is 0.541. The largest absolute Gasteiger partial charge is 0.462 e. The third kappa shape index (κ3) is 4.82. The lowest BCUT2D eigenvalue weighted by molar-refractivity contribution is 0.0521. The predicted molar refractivity (Wildman–Crippen MR) is 100 cm³/mol. The number of nitrogens with zero attached hydrogens (tertiary/aromatic N) is 1. The highest BCUT2D eigenvalue weighted by Crippen LogP contribution is 2.33. The minimum absolute atomic E-state index is 0.00375. The molecule has 0 spiro atoms. The third-order valence-electron chi connectivity index (χ3n) is 3.69. The lowest BCUT2D eigenvalue weighted by atomic mass is 10.1. The van der Waals surface area contributed by atoms with Gasteiger partial charge in [-0.05, 0) is 31.8 Å². The second-order valence-corrected chi connectivity index (χ2v) is 11.3. The van der Waals surface area contributed by atoms with Crippen molar-refractivity contribution >= 4 is 26.9 Å². The van der Waals surface area contributed by atoms with Crippen molar-refractivity contribution in [1.29, 1.82) is 0 Å². The molecule has 0 radical (unpaired) electrons. The number of carbonyl (C=O) groups is 1. The van der Waals surface area contributed by atoms with E-state index in [4.69, 9.17) is 9.47 Å². The van der Waals surface area contributed by atoms with Gasteiger partial charge in [0.05, 0.1) is 18.7 Å². The van der Waals surface area contributed by atoms with Gasteiger partial charge in [0.1, 0.15) is 12.3 Å². The van der Waals surface area contributed by atoms with Gasteiger partial charge >= 0.3 is 5.97 Å². The molecule has 0 bridgehead atoms.